The van der Waals surface area contributed by atoms with Crippen molar-refractivity contribution < 1.29 is 4.79 Å². The highest BCUT2D eigenvalue weighted by Gasteiger charge is 2.24. The summed E-state index contributed by atoms with van der Waals surface area (Å²) < 4.78 is 0. The van der Waals surface area contributed by atoms with E-state index in [2.05, 4.69) is 41.9 Å². The van der Waals surface area contributed by atoms with Crippen molar-refractivity contribution in [1.82, 2.24) is 9.88 Å². The molecule has 0 unspecified atom stereocenters. The molecule has 132 valence electrons. The van der Waals surface area contributed by atoms with E-state index in [0.29, 0.717) is 5.69 Å². The summed E-state index contributed by atoms with van der Waals surface area (Å²) >= 11 is 0. The Morgan fingerprint density at radius 2 is 1.65 bits per heavy atom. The van der Waals surface area contributed by atoms with Crippen LogP contribution in [0.15, 0.2) is 54.6 Å². The largest absolute Gasteiger partial charge is 0.368 e. The number of aromatic nitrogens is 1. The van der Waals surface area contributed by atoms with Gasteiger partial charge in [0.15, 0.2) is 0 Å². The van der Waals surface area contributed by atoms with Crippen LogP contribution in [0, 0.1) is 13.8 Å². The molecule has 0 aliphatic carbocycles. The van der Waals surface area contributed by atoms with Gasteiger partial charge in [-0.25, -0.2) is 4.98 Å². The molecule has 4 nitrogen and oxygen atoms in total. The predicted octanol–water partition coefficient (Wildman–Crippen LogP) is 3.81. The van der Waals surface area contributed by atoms with Crippen LogP contribution in [-0.4, -0.2) is 42.0 Å². The van der Waals surface area contributed by atoms with Gasteiger partial charge in [0.25, 0.3) is 5.91 Å². The van der Waals surface area contributed by atoms with Gasteiger partial charge in [-0.3, -0.25) is 4.79 Å². The number of fused-ring (bicyclic) bond motifs is 1. The highest BCUT2D eigenvalue weighted by atomic mass is 16.2. The molecule has 1 aliphatic rings. The lowest BCUT2D eigenvalue weighted by atomic mass is 10.1. The van der Waals surface area contributed by atoms with E-state index in [9.17, 15) is 4.79 Å². The molecule has 1 aliphatic heterocycles. The highest BCUT2D eigenvalue weighted by molar-refractivity contribution is 5.95. The first-order valence-corrected chi connectivity index (χ1v) is 9.10. The highest BCUT2D eigenvalue weighted by Crippen LogP contribution is 2.24. The Kier molecular flexibility index (Phi) is 4.33. The Morgan fingerprint density at radius 3 is 2.46 bits per heavy atom. The lowest BCUT2D eigenvalue weighted by molar-refractivity contribution is 0.0741. The number of nitrogens with zero attached hydrogens (tertiary/aromatic N) is 3. The zero-order valence-corrected chi connectivity index (χ0v) is 15.3. The van der Waals surface area contributed by atoms with Crippen LogP contribution in [0.4, 0.5) is 5.69 Å². The molecule has 2 aromatic carbocycles. The zero-order valence-electron chi connectivity index (χ0n) is 15.3. The second kappa shape index (κ2) is 6.79. The third-order valence-electron chi connectivity index (χ3n) is 5.30. The van der Waals surface area contributed by atoms with Gasteiger partial charge in [-0.2, -0.15) is 0 Å². The lowest BCUT2D eigenvalue weighted by Gasteiger charge is -2.37. The minimum absolute atomic E-state index is 0.0244. The molecule has 0 bridgehead atoms. The SMILES string of the molecule is Cc1cccc(N2CCN(C(=O)c3ccc4ccccc4n3)CC2)c1C. The summed E-state index contributed by atoms with van der Waals surface area (Å²) in [5.74, 6) is 0.0244. The second-order valence-electron chi connectivity index (χ2n) is 6.89. The van der Waals surface area contributed by atoms with Crippen molar-refractivity contribution >= 4 is 22.5 Å². The third-order valence-corrected chi connectivity index (χ3v) is 5.30. The van der Waals surface area contributed by atoms with Crippen LogP contribution in [0.3, 0.4) is 0 Å². The molecule has 26 heavy (non-hydrogen) atoms. The lowest BCUT2D eigenvalue weighted by Crippen LogP contribution is -2.49. The van der Waals surface area contributed by atoms with E-state index in [1.165, 1.54) is 16.8 Å². The first-order chi connectivity index (χ1) is 12.6. The summed E-state index contributed by atoms with van der Waals surface area (Å²) in [5, 5.41) is 1.06. The van der Waals surface area contributed by atoms with Gasteiger partial charge >= 0.3 is 0 Å². The molecular formula is C22H23N3O. The maximum absolute atomic E-state index is 12.9. The number of piperazine rings is 1. The molecule has 4 rings (SSSR count). The van der Waals surface area contributed by atoms with E-state index in [-0.39, 0.29) is 5.91 Å². The van der Waals surface area contributed by atoms with Gasteiger partial charge in [-0.05, 0) is 43.2 Å². The average molecular weight is 345 g/mol. The van der Waals surface area contributed by atoms with Gasteiger partial charge in [0.2, 0.25) is 0 Å². The van der Waals surface area contributed by atoms with Gasteiger partial charge in [0.05, 0.1) is 5.52 Å². The van der Waals surface area contributed by atoms with Crippen LogP contribution < -0.4 is 4.90 Å². The average Bonchev–Trinajstić information content (AvgIpc) is 2.69. The molecule has 3 aromatic rings. The van der Waals surface area contributed by atoms with E-state index in [0.717, 1.165) is 37.1 Å². The predicted molar refractivity (Wildman–Crippen MR) is 106 cm³/mol. The molecule has 0 radical (unpaired) electrons. The molecular weight excluding hydrogens is 322 g/mol. The molecule has 2 heterocycles. The fraction of sp³-hybridized carbons (Fsp3) is 0.273. The minimum atomic E-state index is 0.0244. The van der Waals surface area contributed by atoms with E-state index in [1.54, 1.807) is 0 Å². The van der Waals surface area contributed by atoms with Crippen LogP contribution in [0.1, 0.15) is 21.6 Å². The first-order valence-electron chi connectivity index (χ1n) is 9.10. The van der Waals surface area contributed by atoms with Crippen LogP contribution in [-0.2, 0) is 0 Å². The summed E-state index contributed by atoms with van der Waals surface area (Å²) in [6, 6.07) is 18.1. The molecule has 4 heteroatoms. The van der Waals surface area contributed by atoms with Gasteiger partial charge < -0.3 is 9.80 Å². The van der Waals surface area contributed by atoms with Gasteiger partial charge in [-0.1, -0.05) is 36.4 Å². The summed E-state index contributed by atoms with van der Waals surface area (Å²) in [4.78, 5) is 21.7. The summed E-state index contributed by atoms with van der Waals surface area (Å²) in [5.41, 5.74) is 5.31. The summed E-state index contributed by atoms with van der Waals surface area (Å²) in [6.45, 7) is 7.46. The van der Waals surface area contributed by atoms with Crippen molar-refractivity contribution in [3.63, 3.8) is 0 Å². The fourth-order valence-electron chi connectivity index (χ4n) is 3.58. The van der Waals surface area contributed by atoms with Crippen LogP contribution in [0.2, 0.25) is 0 Å². The van der Waals surface area contributed by atoms with Crippen LogP contribution in [0.5, 0.6) is 0 Å². The molecule has 1 fully saturated rings. The smallest absolute Gasteiger partial charge is 0.272 e. The number of aryl methyl sites for hydroxylation is 1. The number of anilines is 1. The van der Waals surface area contributed by atoms with Crippen molar-refractivity contribution in [1.29, 1.82) is 0 Å². The third kappa shape index (κ3) is 3.03. The number of para-hydroxylation sites is 1. The number of carbonyl (C=O) groups excluding carboxylic acids is 1. The van der Waals surface area contributed by atoms with Gasteiger partial charge in [-0.15, -0.1) is 0 Å². The maximum atomic E-state index is 12.9. The van der Waals surface area contributed by atoms with Crippen molar-refractivity contribution in [2.45, 2.75) is 13.8 Å². The van der Waals surface area contributed by atoms with E-state index < -0.39 is 0 Å². The Hall–Kier alpha value is -2.88. The monoisotopic (exact) mass is 345 g/mol. The normalized spacial score (nSPS) is 14.7. The van der Waals surface area contributed by atoms with E-state index in [1.807, 2.05) is 41.3 Å². The quantitative estimate of drug-likeness (QED) is 0.708. The van der Waals surface area contributed by atoms with E-state index in [4.69, 9.17) is 0 Å². The topological polar surface area (TPSA) is 36.4 Å². The summed E-state index contributed by atoms with van der Waals surface area (Å²) in [6.07, 6.45) is 0. The van der Waals surface area contributed by atoms with E-state index >= 15 is 0 Å². The van der Waals surface area contributed by atoms with Crippen molar-refractivity contribution in [3.05, 3.63) is 71.4 Å². The zero-order chi connectivity index (χ0) is 18.1. The Balaban J connectivity index is 1.48. The molecule has 0 saturated carbocycles. The van der Waals surface area contributed by atoms with Gasteiger partial charge in [0.1, 0.15) is 5.69 Å². The van der Waals surface area contributed by atoms with Crippen LogP contribution >= 0.6 is 0 Å². The Bertz CT molecular complexity index is 959. The number of hydrogen-bond donors (Lipinski definition) is 0. The standard InChI is InChI=1S/C22H23N3O/c1-16-6-5-9-21(17(16)2)24-12-14-25(15-13-24)22(26)20-11-10-18-7-3-4-8-19(18)23-20/h3-11H,12-15H2,1-2H3. The molecule has 1 saturated heterocycles. The Morgan fingerprint density at radius 1 is 0.885 bits per heavy atom. The maximum Gasteiger partial charge on any atom is 0.272 e. The number of carbonyl (C=O) groups is 1. The number of benzene rings is 2. The number of hydrogen-bond acceptors (Lipinski definition) is 3. The van der Waals surface area contributed by atoms with Crippen molar-refractivity contribution in [2.24, 2.45) is 0 Å². The number of rotatable bonds is 2. The van der Waals surface area contributed by atoms with Crippen LogP contribution in [0.25, 0.3) is 10.9 Å². The van der Waals surface area contributed by atoms with Gasteiger partial charge in [0, 0.05) is 37.3 Å². The first kappa shape index (κ1) is 16.6. The molecule has 0 N–H and O–H groups in total. The fourth-order valence-corrected chi connectivity index (χ4v) is 3.58. The molecule has 0 spiro atoms. The number of amides is 1. The molecule has 1 amide bonds. The Labute approximate surface area is 154 Å². The summed E-state index contributed by atoms with van der Waals surface area (Å²) in [7, 11) is 0. The van der Waals surface area contributed by atoms with Crippen molar-refractivity contribution in [2.75, 3.05) is 31.1 Å². The van der Waals surface area contributed by atoms with Crippen molar-refractivity contribution in [3.8, 4) is 0 Å². The minimum Gasteiger partial charge on any atom is -0.368 e. The molecule has 0 atom stereocenters. The molecule has 1 aromatic heterocycles. The second-order valence-corrected chi connectivity index (χ2v) is 6.89. The number of pyridine rings is 1.